The van der Waals surface area contributed by atoms with E-state index in [1.165, 1.54) is 7.11 Å². The Kier molecular flexibility index (Phi) is 3.83. The molecule has 114 valence electrons. The Balaban J connectivity index is 2.44. The van der Waals surface area contributed by atoms with E-state index in [-0.39, 0.29) is 6.61 Å². The number of rotatable bonds is 3. The van der Waals surface area contributed by atoms with Crippen molar-refractivity contribution in [1.29, 1.82) is 5.26 Å². The van der Waals surface area contributed by atoms with E-state index in [1.807, 2.05) is 6.07 Å². The Hall–Kier alpha value is -0.760. The highest BCUT2D eigenvalue weighted by molar-refractivity contribution is 7.86. The van der Waals surface area contributed by atoms with Crippen LogP contribution in [0.5, 0.6) is 0 Å². The Morgan fingerprint density at radius 2 is 2.00 bits per heavy atom. The normalized spacial score (nSPS) is 40.0. The number of nitriles is 1. The first kappa shape index (κ1) is 15.6. The SMILES string of the molecule is CO[C@@H]1OC[C@H]2OC(C)(C)O[C@H]2C1(C#N)OS(C)(=O)=O. The van der Waals surface area contributed by atoms with Gasteiger partial charge in [0.1, 0.15) is 18.3 Å². The fourth-order valence-corrected chi connectivity index (χ4v) is 3.19. The second-order valence-electron chi connectivity index (χ2n) is 5.19. The Morgan fingerprint density at radius 1 is 1.35 bits per heavy atom. The minimum absolute atomic E-state index is 0.114. The number of nitrogens with zero attached hydrogens (tertiary/aromatic N) is 1. The van der Waals surface area contributed by atoms with Crippen molar-refractivity contribution in [3.8, 4) is 6.07 Å². The monoisotopic (exact) mass is 307 g/mol. The summed E-state index contributed by atoms with van der Waals surface area (Å²) in [4.78, 5) is 0. The molecule has 0 spiro atoms. The molecule has 8 nitrogen and oxygen atoms in total. The molecule has 0 saturated carbocycles. The van der Waals surface area contributed by atoms with Crippen LogP contribution in [-0.2, 0) is 33.2 Å². The maximum atomic E-state index is 11.5. The van der Waals surface area contributed by atoms with E-state index in [2.05, 4.69) is 0 Å². The number of hydrogen-bond donors (Lipinski definition) is 0. The summed E-state index contributed by atoms with van der Waals surface area (Å²) in [7, 11) is -2.64. The summed E-state index contributed by atoms with van der Waals surface area (Å²) in [6, 6.07) is 1.83. The van der Waals surface area contributed by atoms with E-state index < -0.39 is 40.0 Å². The molecule has 2 heterocycles. The van der Waals surface area contributed by atoms with Gasteiger partial charge in [0.2, 0.25) is 6.29 Å². The maximum Gasteiger partial charge on any atom is 0.266 e. The van der Waals surface area contributed by atoms with E-state index >= 15 is 0 Å². The van der Waals surface area contributed by atoms with Crippen molar-refractivity contribution in [2.45, 2.75) is 43.7 Å². The first-order valence-electron chi connectivity index (χ1n) is 5.95. The van der Waals surface area contributed by atoms with Gasteiger partial charge in [-0.3, -0.25) is 0 Å². The van der Waals surface area contributed by atoms with Crippen LogP contribution in [0.3, 0.4) is 0 Å². The Labute approximate surface area is 117 Å². The molecule has 0 aliphatic carbocycles. The van der Waals surface area contributed by atoms with Crippen molar-refractivity contribution in [3.63, 3.8) is 0 Å². The van der Waals surface area contributed by atoms with Crippen LogP contribution in [0.15, 0.2) is 0 Å². The summed E-state index contributed by atoms with van der Waals surface area (Å²) in [6.07, 6.45) is -1.89. The predicted molar refractivity (Wildman–Crippen MR) is 64.8 cm³/mol. The lowest BCUT2D eigenvalue weighted by molar-refractivity contribution is -0.261. The molecule has 4 atom stereocenters. The summed E-state index contributed by atoms with van der Waals surface area (Å²) in [6.45, 7) is 3.44. The highest BCUT2D eigenvalue weighted by Crippen LogP contribution is 2.42. The third-order valence-corrected chi connectivity index (χ3v) is 3.62. The minimum Gasteiger partial charge on any atom is -0.352 e. The van der Waals surface area contributed by atoms with Gasteiger partial charge in [0.05, 0.1) is 12.9 Å². The van der Waals surface area contributed by atoms with Gasteiger partial charge in [-0.1, -0.05) is 0 Å². The molecule has 9 heteroatoms. The van der Waals surface area contributed by atoms with Crippen molar-refractivity contribution in [1.82, 2.24) is 0 Å². The van der Waals surface area contributed by atoms with E-state index in [1.54, 1.807) is 13.8 Å². The smallest absolute Gasteiger partial charge is 0.266 e. The summed E-state index contributed by atoms with van der Waals surface area (Å²) >= 11 is 0. The predicted octanol–water partition coefficient (Wildman–Crippen LogP) is -0.252. The molecule has 1 unspecified atom stereocenters. The third-order valence-electron chi connectivity index (χ3n) is 3.05. The van der Waals surface area contributed by atoms with Crippen molar-refractivity contribution in [2.75, 3.05) is 20.0 Å². The van der Waals surface area contributed by atoms with Gasteiger partial charge in [0, 0.05) is 7.11 Å². The van der Waals surface area contributed by atoms with Gasteiger partial charge in [-0.25, -0.2) is 4.18 Å². The van der Waals surface area contributed by atoms with Gasteiger partial charge >= 0.3 is 0 Å². The molecule has 0 N–H and O–H groups in total. The van der Waals surface area contributed by atoms with E-state index in [4.69, 9.17) is 23.1 Å². The second kappa shape index (κ2) is 4.91. The fraction of sp³-hybridized carbons (Fsp3) is 0.909. The number of fused-ring (bicyclic) bond motifs is 1. The van der Waals surface area contributed by atoms with E-state index in [0.29, 0.717) is 0 Å². The van der Waals surface area contributed by atoms with Gasteiger partial charge in [-0.15, -0.1) is 0 Å². The molecule has 2 aliphatic rings. The van der Waals surface area contributed by atoms with Gasteiger partial charge < -0.3 is 18.9 Å². The molecule has 0 amide bonds. The average molecular weight is 307 g/mol. The Morgan fingerprint density at radius 3 is 2.50 bits per heavy atom. The largest absolute Gasteiger partial charge is 0.352 e. The highest BCUT2D eigenvalue weighted by atomic mass is 32.2. The lowest BCUT2D eigenvalue weighted by atomic mass is 9.91. The van der Waals surface area contributed by atoms with Gasteiger partial charge in [0.15, 0.2) is 5.79 Å². The van der Waals surface area contributed by atoms with Crippen molar-refractivity contribution >= 4 is 10.1 Å². The van der Waals surface area contributed by atoms with Gasteiger partial charge in [-0.2, -0.15) is 13.7 Å². The number of methoxy groups -OCH3 is 1. The molecule has 0 aromatic heterocycles. The molecule has 2 saturated heterocycles. The zero-order valence-corrected chi connectivity index (χ0v) is 12.5. The highest BCUT2D eigenvalue weighted by Gasteiger charge is 2.63. The van der Waals surface area contributed by atoms with Gasteiger partial charge in [-0.05, 0) is 13.8 Å². The van der Waals surface area contributed by atoms with Crippen LogP contribution in [0.4, 0.5) is 0 Å². The molecule has 2 rings (SSSR count). The molecular weight excluding hydrogens is 290 g/mol. The van der Waals surface area contributed by atoms with Crippen LogP contribution in [-0.4, -0.2) is 58.3 Å². The minimum atomic E-state index is -3.93. The lowest BCUT2D eigenvalue weighted by Crippen LogP contribution is -2.63. The molecule has 2 aliphatic heterocycles. The topological polar surface area (TPSA) is 104 Å². The van der Waals surface area contributed by atoms with Crippen LogP contribution in [0.1, 0.15) is 13.8 Å². The first-order valence-corrected chi connectivity index (χ1v) is 7.77. The molecule has 0 aromatic rings. The van der Waals surface area contributed by atoms with Crippen LogP contribution < -0.4 is 0 Å². The van der Waals surface area contributed by atoms with Crippen molar-refractivity contribution < 1.29 is 31.5 Å². The van der Waals surface area contributed by atoms with Crippen LogP contribution in [0.25, 0.3) is 0 Å². The number of hydrogen-bond acceptors (Lipinski definition) is 8. The lowest BCUT2D eigenvalue weighted by Gasteiger charge is -2.41. The van der Waals surface area contributed by atoms with E-state index in [9.17, 15) is 13.7 Å². The van der Waals surface area contributed by atoms with Crippen LogP contribution >= 0.6 is 0 Å². The average Bonchev–Trinajstić information content (AvgIpc) is 2.63. The Bertz CT molecular complexity index is 525. The van der Waals surface area contributed by atoms with Crippen LogP contribution in [0, 0.1) is 11.3 Å². The standard InChI is InChI=1S/C11H17NO7S/c1-10(2)17-7-5-16-9(15-3)11(6-12,8(7)18-10)19-20(4,13)14/h7-9H,5H2,1-4H3/t7-,8-,9-,11?/m1/s1. The van der Waals surface area contributed by atoms with Gasteiger partial charge in [0.25, 0.3) is 15.7 Å². The summed E-state index contributed by atoms with van der Waals surface area (Å²) < 4.78 is 49.6. The molecule has 0 aromatic carbocycles. The third kappa shape index (κ3) is 2.67. The quantitative estimate of drug-likeness (QED) is 0.657. The molecule has 2 fully saturated rings. The zero-order chi connectivity index (χ0) is 15.2. The summed E-state index contributed by atoms with van der Waals surface area (Å²) in [5.74, 6) is -0.968. The fourth-order valence-electron chi connectivity index (χ4n) is 2.48. The molecule has 0 radical (unpaired) electrons. The molecule has 20 heavy (non-hydrogen) atoms. The van der Waals surface area contributed by atoms with Crippen LogP contribution in [0.2, 0.25) is 0 Å². The zero-order valence-electron chi connectivity index (χ0n) is 11.7. The second-order valence-corrected chi connectivity index (χ2v) is 6.76. The van der Waals surface area contributed by atoms with Crippen molar-refractivity contribution in [3.05, 3.63) is 0 Å². The summed E-state index contributed by atoms with van der Waals surface area (Å²) in [5.41, 5.74) is -1.95. The van der Waals surface area contributed by atoms with Crippen molar-refractivity contribution in [2.24, 2.45) is 0 Å². The number of ether oxygens (including phenoxy) is 4. The first-order chi connectivity index (χ1) is 9.13. The molecule has 0 bridgehead atoms. The molecular formula is C11H17NO7S. The summed E-state index contributed by atoms with van der Waals surface area (Å²) in [5, 5.41) is 9.49. The maximum absolute atomic E-state index is 11.5. The van der Waals surface area contributed by atoms with E-state index in [0.717, 1.165) is 6.26 Å².